The number of ether oxygens (including phenoxy) is 1. The molecule has 144 valence electrons. The van der Waals surface area contributed by atoms with Gasteiger partial charge in [0.2, 0.25) is 0 Å². The number of hydrogen-bond donors (Lipinski definition) is 0. The van der Waals surface area contributed by atoms with Crippen LogP contribution in [0.4, 0.5) is 0 Å². The second kappa shape index (κ2) is 8.20. The van der Waals surface area contributed by atoms with E-state index in [0.717, 1.165) is 11.1 Å². The molecule has 0 unspecified atom stereocenters. The van der Waals surface area contributed by atoms with Crippen LogP contribution in [-0.2, 0) is 19.4 Å². The molecule has 1 heterocycles. The number of amides is 1. The molecule has 1 atom stereocenters. The van der Waals surface area contributed by atoms with Gasteiger partial charge in [0.25, 0.3) is 5.91 Å². The summed E-state index contributed by atoms with van der Waals surface area (Å²) in [5, 5.41) is 0. The molecule has 7 heteroatoms. The van der Waals surface area contributed by atoms with Gasteiger partial charge in [0, 0.05) is 12.6 Å². The van der Waals surface area contributed by atoms with Gasteiger partial charge >= 0.3 is 5.97 Å². The Morgan fingerprint density at radius 1 is 1.27 bits per heavy atom. The SMILES string of the molecule is Cc1cccc(C(=O)OCC(=O)N(CC(C)C)[C@@H]2CCS(=O)(=O)C2)c1C. The molecule has 0 bridgehead atoms. The van der Waals surface area contributed by atoms with Crippen molar-refractivity contribution in [2.24, 2.45) is 5.92 Å². The summed E-state index contributed by atoms with van der Waals surface area (Å²) in [5.41, 5.74) is 2.24. The number of carbonyl (C=O) groups excluding carboxylic acids is 2. The molecule has 1 aromatic rings. The maximum absolute atomic E-state index is 12.6. The van der Waals surface area contributed by atoms with E-state index >= 15 is 0 Å². The first-order valence-corrected chi connectivity index (χ1v) is 10.7. The smallest absolute Gasteiger partial charge is 0.338 e. The molecule has 1 fully saturated rings. The zero-order chi connectivity index (χ0) is 19.5. The summed E-state index contributed by atoms with van der Waals surface area (Å²) in [6.07, 6.45) is 0.436. The van der Waals surface area contributed by atoms with E-state index < -0.39 is 15.8 Å². The van der Waals surface area contributed by atoms with Crippen LogP contribution >= 0.6 is 0 Å². The maximum Gasteiger partial charge on any atom is 0.338 e. The number of esters is 1. The van der Waals surface area contributed by atoms with Crippen molar-refractivity contribution in [3.63, 3.8) is 0 Å². The minimum Gasteiger partial charge on any atom is -0.452 e. The Morgan fingerprint density at radius 3 is 2.54 bits per heavy atom. The van der Waals surface area contributed by atoms with Gasteiger partial charge in [-0.15, -0.1) is 0 Å². The van der Waals surface area contributed by atoms with Gasteiger partial charge in [0.05, 0.1) is 17.1 Å². The van der Waals surface area contributed by atoms with Crippen molar-refractivity contribution in [2.45, 2.75) is 40.2 Å². The molecule has 1 aliphatic rings. The minimum absolute atomic E-state index is 0.0175. The quantitative estimate of drug-likeness (QED) is 0.705. The lowest BCUT2D eigenvalue weighted by atomic mass is 10.0. The van der Waals surface area contributed by atoms with Crippen LogP contribution in [0.15, 0.2) is 18.2 Å². The molecule has 0 saturated carbocycles. The molecule has 1 aromatic carbocycles. The van der Waals surface area contributed by atoms with Gasteiger partial charge in [-0.2, -0.15) is 0 Å². The van der Waals surface area contributed by atoms with Crippen molar-refractivity contribution < 1.29 is 22.7 Å². The minimum atomic E-state index is -3.10. The summed E-state index contributed by atoms with van der Waals surface area (Å²) >= 11 is 0. The van der Waals surface area contributed by atoms with E-state index in [1.807, 2.05) is 33.8 Å². The Labute approximate surface area is 155 Å². The lowest BCUT2D eigenvalue weighted by Crippen LogP contribution is -2.45. The fraction of sp³-hybridized carbons (Fsp3) is 0.579. The largest absolute Gasteiger partial charge is 0.452 e. The van der Waals surface area contributed by atoms with Crippen LogP contribution in [0.2, 0.25) is 0 Å². The topological polar surface area (TPSA) is 80.8 Å². The second-order valence-electron chi connectivity index (χ2n) is 7.32. The fourth-order valence-corrected chi connectivity index (χ4v) is 4.86. The van der Waals surface area contributed by atoms with Gasteiger partial charge in [0.1, 0.15) is 0 Å². The summed E-state index contributed by atoms with van der Waals surface area (Å²) in [6, 6.07) is 5.01. The van der Waals surface area contributed by atoms with E-state index in [2.05, 4.69) is 0 Å². The highest BCUT2D eigenvalue weighted by atomic mass is 32.2. The van der Waals surface area contributed by atoms with Crippen LogP contribution in [0, 0.1) is 19.8 Å². The molecule has 0 N–H and O–H groups in total. The Hall–Kier alpha value is -1.89. The van der Waals surface area contributed by atoms with Crippen LogP contribution in [0.5, 0.6) is 0 Å². The standard InChI is InChI=1S/C19H27NO5S/c1-13(2)10-20(16-8-9-26(23,24)12-16)18(21)11-25-19(22)17-7-5-6-14(3)15(17)4/h5-7,13,16H,8-12H2,1-4H3/t16-/m1/s1. The zero-order valence-corrected chi connectivity index (χ0v) is 16.6. The highest BCUT2D eigenvalue weighted by Gasteiger charge is 2.35. The first-order chi connectivity index (χ1) is 12.1. The number of benzene rings is 1. The van der Waals surface area contributed by atoms with E-state index in [4.69, 9.17) is 4.74 Å². The van der Waals surface area contributed by atoms with Gasteiger partial charge in [-0.05, 0) is 43.4 Å². The second-order valence-corrected chi connectivity index (χ2v) is 9.55. The van der Waals surface area contributed by atoms with Crippen LogP contribution in [0.25, 0.3) is 0 Å². The molecule has 2 rings (SSSR count). The molecule has 1 amide bonds. The fourth-order valence-electron chi connectivity index (χ4n) is 3.13. The number of hydrogen-bond acceptors (Lipinski definition) is 5. The third kappa shape index (κ3) is 5.06. The lowest BCUT2D eigenvalue weighted by molar-refractivity contribution is -0.137. The molecule has 1 aliphatic heterocycles. The third-order valence-corrected chi connectivity index (χ3v) is 6.43. The van der Waals surface area contributed by atoms with Crippen molar-refractivity contribution in [3.05, 3.63) is 34.9 Å². The summed E-state index contributed by atoms with van der Waals surface area (Å²) in [6.45, 7) is 7.73. The normalized spacial score (nSPS) is 18.7. The lowest BCUT2D eigenvalue weighted by Gasteiger charge is -2.29. The van der Waals surface area contributed by atoms with Crippen LogP contribution in [0.3, 0.4) is 0 Å². The summed E-state index contributed by atoms with van der Waals surface area (Å²) in [5.74, 6) is -0.613. The van der Waals surface area contributed by atoms with Crippen LogP contribution in [-0.4, -0.2) is 55.9 Å². The number of rotatable bonds is 6. The van der Waals surface area contributed by atoms with Gasteiger partial charge < -0.3 is 9.64 Å². The van der Waals surface area contributed by atoms with Gasteiger partial charge in [0.15, 0.2) is 16.4 Å². The molecule has 0 spiro atoms. The molecule has 0 aromatic heterocycles. The predicted octanol–water partition coefficient (Wildman–Crippen LogP) is 2.13. The molecule has 1 saturated heterocycles. The molecule has 6 nitrogen and oxygen atoms in total. The monoisotopic (exact) mass is 381 g/mol. The number of carbonyl (C=O) groups is 2. The van der Waals surface area contributed by atoms with E-state index in [1.165, 1.54) is 0 Å². The van der Waals surface area contributed by atoms with E-state index in [9.17, 15) is 18.0 Å². The Morgan fingerprint density at radius 2 is 1.96 bits per heavy atom. The predicted molar refractivity (Wildman–Crippen MR) is 99.8 cm³/mol. The number of sulfone groups is 1. The van der Waals surface area contributed by atoms with Gasteiger partial charge in [-0.3, -0.25) is 4.79 Å². The van der Waals surface area contributed by atoms with Crippen molar-refractivity contribution in [1.82, 2.24) is 4.90 Å². The van der Waals surface area contributed by atoms with Gasteiger partial charge in [-0.1, -0.05) is 26.0 Å². The Bertz CT molecular complexity index is 785. The van der Waals surface area contributed by atoms with E-state index in [1.54, 1.807) is 17.0 Å². The zero-order valence-electron chi connectivity index (χ0n) is 15.8. The molecule has 0 aliphatic carbocycles. The molecule has 26 heavy (non-hydrogen) atoms. The third-order valence-electron chi connectivity index (χ3n) is 4.68. The van der Waals surface area contributed by atoms with Crippen LogP contribution in [0.1, 0.15) is 41.8 Å². The first kappa shape index (κ1) is 20.4. The summed E-state index contributed by atoms with van der Waals surface area (Å²) in [4.78, 5) is 26.5. The average molecular weight is 381 g/mol. The molecule has 0 radical (unpaired) electrons. The number of nitrogens with zero attached hydrogens (tertiary/aromatic N) is 1. The van der Waals surface area contributed by atoms with Crippen molar-refractivity contribution in [1.29, 1.82) is 0 Å². The van der Waals surface area contributed by atoms with Crippen molar-refractivity contribution >= 4 is 21.7 Å². The van der Waals surface area contributed by atoms with Crippen molar-refractivity contribution in [2.75, 3.05) is 24.7 Å². The van der Waals surface area contributed by atoms with Crippen molar-refractivity contribution in [3.8, 4) is 0 Å². The maximum atomic E-state index is 12.6. The molecular formula is C19H27NO5S. The average Bonchev–Trinajstić information content (AvgIpc) is 2.92. The highest BCUT2D eigenvalue weighted by Crippen LogP contribution is 2.20. The first-order valence-electron chi connectivity index (χ1n) is 8.84. The highest BCUT2D eigenvalue weighted by molar-refractivity contribution is 7.91. The van der Waals surface area contributed by atoms with Crippen LogP contribution < -0.4 is 0 Å². The Kier molecular flexibility index (Phi) is 6.44. The Balaban J connectivity index is 2.05. The summed E-state index contributed by atoms with van der Waals surface area (Å²) < 4.78 is 28.7. The van der Waals surface area contributed by atoms with E-state index in [0.29, 0.717) is 18.5 Å². The number of aryl methyl sites for hydroxylation is 1. The van der Waals surface area contributed by atoms with E-state index in [-0.39, 0.29) is 36.0 Å². The van der Waals surface area contributed by atoms with Gasteiger partial charge in [-0.25, -0.2) is 13.2 Å². The molecular weight excluding hydrogens is 354 g/mol. The summed E-state index contributed by atoms with van der Waals surface area (Å²) in [7, 11) is -3.10.